The average Bonchev–Trinajstić information content (AvgIpc) is 3.25. The number of aromatic nitrogens is 4. The van der Waals surface area contributed by atoms with Gasteiger partial charge in [0.05, 0.1) is 22.5 Å². The van der Waals surface area contributed by atoms with Crippen LogP contribution in [0.1, 0.15) is 16.3 Å². The Labute approximate surface area is 158 Å². The van der Waals surface area contributed by atoms with E-state index in [0.717, 1.165) is 15.9 Å². The predicted octanol–water partition coefficient (Wildman–Crippen LogP) is 3.93. The summed E-state index contributed by atoms with van der Waals surface area (Å²) in [7, 11) is 1.79. The van der Waals surface area contributed by atoms with E-state index in [1.807, 2.05) is 30.3 Å². The molecular weight excluding hydrogens is 370 g/mol. The minimum atomic E-state index is -0.228. The number of benzene rings is 1. The average molecular weight is 384 g/mol. The summed E-state index contributed by atoms with van der Waals surface area (Å²) < 4.78 is 2.61. The summed E-state index contributed by atoms with van der Waals surface area (Å²) in [6.45, 7) is 0.306. The normalized spacial score (nSPS) is 11.0. The minimum absolute atomic E-state index is 0.228. The summed E-state index contributed by atoms with van der Waals surface area (Å²) in [5.41, 5.74) is 1.57. The van der Waals surface area contributed by atoms with Gasteiger partial charge in [-0.15, -0.1) is 0 Å². The fraction of sp³-hybridized carbons (Fsp3) is 0.111. The number of halogens is 1. The Morgan fingerprint density at radius 2 is 2.12 bits per heavy atom. The van der Waals surface area contributed by atoms with Crippen molar-refractivity contribution in [2.24, 2.45) is 7.05 Å². The van der Waals surface area contributed by atoms with Crippen LogP contribution in [0.25, 0.3) is 10.2 Å². The number of aryl methyl sites for hydroxylation is 1. The third-order valence-corrected chi connectivity index (χ3v) is 5.15. The third kappa shape index (κ3) is 3.18. The molecule has 0 radical (unpaired) electrons. The van der Waals surface area contributed by atoms with E-state index in [1.165, 1.54) is 11.3 Å². The molecule has 0 aliphatic carbocycles. The number of anilines is 1. The van der Waals surface area contributed by atoms with Crippen molar-refractivity contribution in [3.63, 3.8) is 0 Å². The summed E-state index contributed by atoms with van der Waals surface area (Å²) in [6, 6.07) is 11.1. The highest BCUT2D eigenvalue weighted by molar-refractivity contribution is 7.22. The molecule has 8 heteroatoms. The Balaban J connectivity index is 1.78. The summed E-state index contributed by atoms with van der Waals surface area (Å²) in [5, 5.41) is 1.22. The Morgan fingerprint density at radius 3 is 2.85 bits per heavy atom. The first-order chi connectivity index (χ1) is 12.6. The first-order valence-electron chi connectivity index (χ1n) is 7.87. The van der Waals surface area contributed by atoms with Crippen molar-refractivity contribution >= 4 is 44.2 Å². The molecule has 0 unspecified atom stereocenters. The van der Waals surface area contributed by atoms with Crippen molar-refractivity contribution in [1.29, 1.82) is 0 Å². The molecule has 4 rings (SSSR count). The van der Waals surface area contributed by atoms with E-state index in [9.17, 15) is 4.79 Å². The van der Waals surface area contributed by atoms with Crippen molar-refractivity contribution in [2.45, 2.75) is 6.54 Å². The molecule has 6 nitrogen and oxygen atoms in total. The second kappa shape index (κ2) is 6.86. The summed E-state index contributed by atoms with van der Waals surface area (Å²) in [5.74, 6) is 0.117. The van der Waals surface area contributed by atoms with Gasteiger partial charge >= 0.3 is 0 Å². The summed E-state index contributed by atoms with van der Waals surface area (Å²) in [4.78, 5) is 27.9. The number of fused-ring (bicyclic) bond motifs is 1. The van der Waals surface area contributed by atoms with Gasteiger partial charge in [-0.25, -0.2) is 9.97 Å². The van der Waals surface area contributed by atoms with Gasteiger partial charge in [0.25, 0.3) is 5.91 Å². The van der Waals surface area contributed by atoms with Gasteiger partial charge in [0.2, 0.25) is 0 Å². The maximum Gasteiger partial charge on any atom is 0.296 e. The number of carbonyl (C=O) groups excluding carboxylic acids is 1. The van der Waals surface area contributed by atoms with E-state index in [0.29, 0.717) is 22.5 Å². The lowest BCUT2D eigenvalue weighted by atomic mass is 10.3. The summed E-state index contributed by atoms with van der Waals surface area (Å²) in [6.07, 6.45) is 5.05. The van der Waals surface area contributed by atoms with Crippen molar-refractivity contribution < 1.29 is 4.79 Å². The molecule has 0 saturated heterocycles. The number of carbonyl (C=O) groups is 1. The monoisotopic (exact) mass is 383 g/mol. The van der Waals surface area contributed by atoms with Crippen molar-refractivity contribution in [3.05, 3.63) is 71.5 Å². The van der Waals surface area contributed by atoms with Crippen LogP contribution in [0, 0.1) is 0 Å². The number of imidazole rings is 1. The van der Waals surface area contributed by atoms with E-state index in [2.05, 4.69) is 15.0 Å². The fourth-order valence-electron chi connectivity index (χ4n) is 2.57. The van der Waals surface area contributed by atoms with Gasteiger partial charge in [-0.05, 0) is 30.3 Å². The van der Waals surface area contributed by atoms with E-state index >= 15 is 0 Å². The van der Waals surface area contributed by atoms with Crippen LogP contribution in [-0.2, 0) is 13.6 Å². The third-order valence-electron chi connectivity index (χ3n) is 3.87. The molecule has 0 bridgehead atoms. The molecule has 3 heterocycles. The van der Waals surface area contributed by atoms with Gasteiger partial charge < -0.3 is 4.57 Å². The number of amides is 1. The summed E-state index contributed by atoms with van der Waals surface area (Å²) >= 11 is 7.49. The molecule has 130 valence electrons. The lowest BCUT2D eigenvalue weighted by molar-refractivity contribution is 0.0972. The molecule has 1 amide bonds. The maximum absolute atomic E-state index is 13.1. The van der Waals surface area contributed by atoms with Crippen LogP contribution >= 0.6 is 22.9 Å². The Morgan fingerprint density at radius 1 is 1.23 bits per heavy atom. The Kier molecular flexibility index (Phi) is 4.40. The first kappa shape index (κ1) is 16.7. The molecule has 26 heavy (non-hydrogen) atoms. The highest BCUT2D eigenvalue weighted by Crippen LogP contribution is 2.32. The van der Waals surface area contributed by atoms with Gasteiger partial charge in [-0.3, -0.25) is 14.7 Å². The first-order valence-corrected chi connectivity index (χ1v) is 9.06. The lowest BCUT2D eigenvalue weighted by Crippen LogP contribution is -2.32. The Hall–Kier alpha value is -2.77. The molecular formula is C18H14ClN5OS. The number of nitrogens with zero attached hydrogens (tertiary/aromatic N) is 5. The molecule has 0 atom stereocenters. The number of pyridine rings is 1. The van der Waals surface area contributed by atoms with Gasteiger partial charge in [0, 0.05) is 30.7 Å². The topological polar surface area (TPSA) is 63.9 Å². The standard InChI is InChI=1S/C18H14ClN5OS/c1-23-9-8-21-16(23)17(25)24(11-13-4-2-3-7-20-13)18-22-14-6-5-12(19)10-15(14)26-18/h2-10H,11H2,1H3. The highest BCUT2D eigenvalue weighted by atomic mass is 35.5. The van der Waals surface area contributed by atoms with Gasteiger partial charge in [0.1, 0.15) is 0 Å². The molecule has 4 aromatic rings. The SMILES string of the molecule is Cn1ccnc1C(=O)N(Cc1ccccn1)c1nc2ccc(Cl)cc2s1. The van der Waals surface area contributed by atoms with E-state index in [-0.39, 0.29) is 5.91 Å². The zero-order valence-corrected chi connectivity index (χ0v) is 15.4. The highest BCUT2D eigenvalue weighted by Gasteiger charge is 2.25. The molecule has 3 aromatic heterocycles. The van der Waals surface area contributed by atoms with Crippen LogP contribution in [0.5, 0.6) is 0 Å². The Bertz CT molecular complexity index is 1080. The van der Waals surface area contributed by atoms with Crippen LogP contribution in [0.4, 0.5) is 5.13 Å². The zero-order valence-electron chi connectivity index (χ0n) is 13.8. The molecule has 0 saturated carbocycles. The second-order valence-corrected chi connectivity index (χ2v) is 7.13. The smallest absolute Gasteiger partial charge is 0.296 e. The minimum Gasteiger partial charge on any atom is -0.330 e. The van der Waals surface area contributed by atoms with Gasteiger partial charge in [0.15, 0.2) is 11.0 Å². The van der Waals surface area contributed by atoms with Crippen LogP contribution in [-0.4, -0.2) is 25.4 Å². The molecule has 0 spiro atoms. The van der Waals surface area contributed by atoms with Crippen LogP contribution in [0.3, 0.4) is 0 Å². The fourth-order valence-corrected chi connectivity index (χ4v) is 3.81. The predicted molar refractivity (Wildman–Crippen MR) is 103 cm³/mol. The molecule has 0 N–H and O–H groups in total. The van der Waals surface area contributed by atoms with Crippen LogP contribution in [0.2, 0.25) is 5.02 Å². The molecule has 0 aliphatic rings. The maximum atomic E-state index is 13.1. The van der Waals surface area contributed by atoms with Crippen LogP contribution in [0.15, 0.2) is 55.0 Å². The van der Waals surface area contributed by atoms with Gasteiger partial charge in [-0.1, -0.05) is 29.0 Å². The largest absolute Gasteiger partial charge is 0.330 e. The van der Waals surface area contributed by atoms with Gasteiger partial charge in [-0.2, -0.15) is 0 Å². The number of hydrogen-bond donors (Lipinski definition) is 0. The quantitative estimate of drug-likeness (QED) is 0.535. The van der Waals surface area contributed by atoms with Crippen LogP contribution < -0.4 is 4.90 Å². The second-order valence-electron chi connectivity index (χ2n) is 5.68. The van der Waals surface area contributed by atoms with E-state index < -0.39 is 0 Å². The zero-order chi connectivity index (χ0) is 18.1. The van der Waals surface area contributed by atoms with Crippen molar-refractivity contribution in [3.8, 4) is 0 Å². The molecule has 0 fully saturated rings. The number of hydrogen-bond acceptors (Lipinski definition) is 5. The van der Waals surface area contributed by atoms with Crippen molar-refractivity contribution in [2.75, 3.05) is 4.90 Å². The van der Waals surface area contributed by atoms with Crippen molar-refractivity contribution in [1.82, 2.24) is 19.5 Å². The number of rotatable bonds is 4. The molecule has 1 aromatic carbocycles. The van der Waals surface area contributed by atoms with E-state index in [1.54, 1.807) is 41.2 Å². The lowest BCUT2D eigenvalue weighted by Gasteiger charge is -2.19. The number of thiazole rings is 1. The van der Waals surface area contributed by atoms with E-state index in [4.69, 9.17) is 11.6 Å². The molecule has 0 aliphatic heterocycles.